The van der Waals surface area contributed by atoms with Gasteiger partial charge in [-0.1, -0.05) is 55.5 Å². The Morgan fingerprint density at radius 1 is 0.575 bits per heavy atom. The summed E-state index contributed by atoms with van der Waals surface area (Å²) in [6.07, 6.45) is 20.8. The van der Waals surface area contributed by atoms with Gasteiger partial charge in [0.05, 0.1) is 5.92 Å². The van der Waals surface area contributed by atoms with Gasteiger partial charge < -0.3 is 18.9 Å². The maximum atomic E-state index is 14.2. The van der Waals surface area contributed by atoms with Gasteiger partial charge in [0.1, 0.15) is 24.4 Å². The molecular formula is C32H42O8. The largest absolute Gasteiger partial charge is 0.462 e. The molecule has 0 bridgehead atoms. The highest BCUT2D eigenvalue weighted by Crippen LogP contribution is 2.40. The first-order valence-corrected chi connectivity index (χ1v) is 14.9. The average molecular weight is 555 g/mol. The minimum Gasteiger partial charge on any atom is -0.462 e. The molecule has 0 saturated carbocycles. The van der Waals surface area contributed by atoms with E-state index in [4.69, 9.17) is 18.9 Å². The van der Waals surface area contributed by atoms with Crippen LogP contribution in [0.25, 0.3) is 0 Å². The fourth-order valence-corrected chi connectivity index (χ4v) is 5.80. The minimum absolute atomic E-state index is 0.0135. The number of carbonyl (C=O) groups is 4. The highest BCUT2D eigenvalue weighted by Gasteiger charge is 2.66. The van der Waals surface area contributed by atoms with E-state index in [1.54, 1.807) is 6.92 Å². The first kappa shape index (κ1) is 29.8. The number of ether oxygens (including phenoxy) is 4. The van der Waals surface area contributed by atoms with Gasteiger partial charge in [0.2, 0.25) is 0 Å². The topological polar surface area (TPSA) is 105 Å². The lowest BCUT2D eigenvalue weighted by Crippen LogP contribution is -2.58. The molecule has 0 aliphatic heterocycles. The number of hydrogen-bond acceptors (Lipinski definition) is 8. The van der Waals surface area contributed by atoms with Crippen molar-refractivity contribution < 1.29 is 38.1 Å². The Labute approximate surface area is 236 Å². The van der Waals surface area contributed by atoms with Gasteiger partial charge >= 0.3 is 23.9 Å². The van der Waals surface area contributed by atoms with Crippen molar-refractivity contribution >= 4 is 23.9 Å². The summed E-state index contributed by atoms with van der Waals surface area (Å²) in [7, 11) is 0. The summed E-state index contributed by atoms with van der Waals surface area (Å²) in [4.78, 5) is 56.4. The van der Waals surface area contributed by atoms with E-state index in [-0.39, 0.29) is 6.42 Å². The average Bonchev–Trinajstić information content (AvgIpc) is 2.97. The lowest BCUT2D eigenvalue weighted by atomic mass is 9.73. The molecule has 0 aromatic carbocycles. The van der Waals surface area contributed by atoms with Gasteiger partial charge in [0.25, 0.3) is 5.41 Å². The zero-order valence-electron chi connectivity index (χ0n) is 23.5. The zero-order chi connectivity index (χ0) is 28.4. The van der Waals surface area contributed by atoms with Crippen LogP contribution in [0.5, 0.6) is 0 Å². The molecule has 0 aromatic rings. The highest BCUT2D eigenvalue weighted by molar-refractivity contribution is 6.20. The molecule has 0 radical (unpaired) electrons. The molecule has 0 heterocycles. The quantitative estimate of drug-likeness (QED) is 0.149. The van der Waals surface area contributed by atoms with Crippen LogP contribution in [0.15, 0.2) is 48.6 Å². The molecule has 0 spiro atoms. The summed E-state index contributed by atoms with van der Waals surface area (Å²) in [5.74, 6) is -5.51. The fraction of sp³-hybridized carbons (Fsp3) is 0.625. The summed E-state index contributed by atoms with van der Waals surface area (Å²) in [5.41, 5.74) is -2.63. The number of esters is 4. The van der Waals surface area contributed by atoms with Crippen molar-refractivity contribution in [3.05, 3.63) is 48.6 Å². The van der Waals surface area contributed by atoms with Gasteiger partial charge in [-0.15, -0.1) is 0 Å². The molecule has 0 aromatic heterocycles. The lowest BCUT2D eigenvalue weighted by molar-refractivity contribution is -0.202. The minimum atomic E-state index is -2.63. The molecular weight excluding hydrogens is 512 g/mol. The van der Waals surface area contributed by atoms with Crippen molar-refractivity contribution in [2.24, 2.45) is 11.3 Å². The Bertz CT molecular complexity index is 944. The van der Waals surface area contributed by atoms with E-state index >= 15 is 0 Å². The predicted octanol–water partition coefficient (Wildman–Crippen LogP) is 5.61. The third-order valence-electron chi connectivity index (χ3n) is 8.17. The predicted molar refractivity (Wildman–Crippen MR) is 148 cm³/mol. The zero-order valence-corrected chi connectivity index (χ0v) is 23.5. The lowest BCUT2D eigenvalue weighted by Gasteiger charge is -2.37. The van der Waals surface area contributed by atoms with E-state index in [1.807, 2.05) is 48.6 Å². The van der Waals surface area contributed by atoms with Crippen LogP contribution < -0.4 is 0 Å². The third kappa shape index (κ3) is 7.12. The molecule has 0 fully saturated rings. The van der Waals surface area contributed by atoms with Crippen LogP contribution in [0.1, 0.15) is 90.4 Å². The fourth-order valence-electron chi connectivity index (χ4n) is 5.80. The van der Waals surface area contributed by atoms with E-state index in [0.717, 1.165) is 6.42 Å². The molecule has 8 nitrogen and oxygen atoms in total. The summed E-state index contributed by atoms with van der Waals surface area (Å²) in [6.45, 7) is 1.66. The Kier molecular flexibility index (Phi) is 10.8. The second kappa shape index (κ2) is 14.5. The Hall–Kier alpha value is -3.16. The van der Waals surface area contributed by atoms with Crippen molar-refractivity contribution in [2.45, 2.75) is 115 Å². The summed E-state index contributed by atoms with van der Waals surface area (Å²) in [6, 6.07) is 0. The van der Waals surface area contributed by atoms with Crippen molar-refractivity contribution in [3.8, 4) is 0 Å². The maximum absolute atomic E-state index is 14.2. The molecule has 0 N–H and O–H groups in total. The third-order valence-corrected chi connectivity index (χ3v) is 8.17. The monoisotopic (exact) mass is 554 g/mol. The molecule has 218 valence electrons. The van der Waals surface area contributed by atoms with E-state index in [1.165, 1.54) is 0 Å². The van der Waals surface area contributed by atoms with Gasteiger partial charge in [-0.3, -0.25) is 19.2 Å². The second-order valence-corrected chi connectivity index (χ2v) is 11.0. The van der Waals surface area contributed by atoms with Crippen LogP contribution in [0, 0.1) is 11.3 Å². The first-order valence-electron chi connectivity index (χ1n) is 14.9. The molecule has 8 heteroatoms. The van der Waals surface area contributed by atoms with Gasteiger partial charge in [0.15, 0.2) is 0 Å². The SMILES string of the molecule is CCC(C(=O)OC1CC=CCC1)C(C(=O)OC1CC=CCC1)(C(=O)OC1CC=CCC1)C(=O)OC1CC=CCC1. The van der Waals surface area contributed by atoms with Crippen LogP contribution >= 0.6 is 0 Å². The number of carbonyl (C=O) groups excluding carboxylic acids is 4. The van der Waals surface area contributed by atoms with Crippen molar-refractivity contribution in [3.63, 3.8) is 0 Å². The second-order valence-electron chi connectivity index (χ2n) is 11.0. The van der Waals surface area contributed by atoms with E-state index in [2.05, 4.69) is 0 Å². The van der Waals surface area contributed by atoms with Crippen molar-refractivity contribution in [1.82, 2.24) is 0 Å². The maximum Gasteiger partial charge on any atom is 0.336 e. The Morgan fingerprint density at radius 3 is 1.18 bits per heavy atom. The molecule has 4 rings (SSSR count). The first-order chi connectivity index (χ1) is 19.4. The molecule has 4 aliphatic carbocycles. The van der Waals surface area contributed by atoms with Crippen molar-refractivity contribution in [1.29, 1.82) is 0 Å². The molecule has 0 amide bonds. The molecule has 0 saturated heterocycles. The van der Waals surface area contributed by atoms with Crippen molar-refractivity contribution in [2.75, 3.05) is 0 Å². The summed E-state index contributed by atoms with van der Waals surface area (Å²) in [5, 5.41) is 0. The van der Waals surface area contributed by atoms with Gasteiger partial charge in [0, 0.05) is 25.7 Å². The van der Waals surface area contributed by atoms with Crippen LogP contribution in [0.3, 0.4) is 0 Å². The van der Waals surface area contributed by atoms with Crippen LogP contribution in [0.4, 0.5) is 0 Å². The van der Waals surface area contributed by atoms with Gasteiger partial charge in [-0.25, -0.2) is 0 Å². The van der Waals surface area contributed by atoms with E-state index in [0.29, 0.717) is 70.6 Å². The molecule has 40 heavy (non-hydrogen) atoms. The summed E-state index contributed by atoms with van der Waals surface area (Å²) >= 11 is 0. The van der Waals surface area contributed by atoms with Gasteiger partial charge in [-0.2, -0.15) is 0 Å². The smallest absolute Gasteiger partial charge is 0.336 e. The molecule has 5 unspecified atom stereocenters. The van der Waals surface area contributed by atoms with Crippen LogP contribution in [-0.2, 0) is 38.1 Å². The van der Waals surface area contributed by atoms with Crippen LogP contribution in [0.2, 0.25) is 0 Å². The van der Waals surface area contributed by atoms with Gasteiger partial charge in [-0.05, 0) is 57.8 Å². The number of hydrogen-bond donors (Lipinski definition) is 0. The Morgan fingerprint density at radius 2 is 0.900 bits per heavy atom. The summed E-state index contributed by atoms with van der Waals surface area (Å²) < 4.78 is 23.4. The van der Waals surface area contributed by atoms with Crippen LogP contribution in [-0.4, -0.2) is 48.3 Å². The van der Waals surface area contributed by atoms with E-state index in [9.17, 15) is 19.2 Å². The number of rotatable bonds is 10. The normalized spacial score (nSPS) is 28.1. The Balaban J connectivity index is 1.72. The highest BCUT2D eigenvalue weighted by atomic mass is 16.6. The molecule has 5 atom stereocenters. The molecule has 4 aliphatic rings. The number of allylic oxidation sites excluding steroid dienone is 4. The standard InChI is InChI=1S/C32H42O8/c1-2-27(28(33)37-23-15-7-3-8-16-23)32(29(34)38-24-17-9-4-10-18-24,30(35)39-25-19-11-5-12-20-25)31(36)40-26-21-13-6-14-22-26/h3-7,9,11,13,23-27H,2,8,10,12,14-22H2,1H3. The van der Waals surface area contributed by atoms with E-state index < -0.39 is 59.6 Å².